The lowest BCUT2D eigenvalue weighted by Crippen LogP contribution is -2.10. The number of rotatable bonds is 3. The van der Waals surface area contributed by atoms with Crippen molar-refractivity contribution in [2.24, 2.45) is 0 Å². The van der Waals surface area contributed by atoms with E-state index in [-0.39, 0.29) is 10.7 Å². The monoisotopic (exact) mass is 421 g/mol. The summed E-state index contributed by atoms with van der Waals surface area (Å²) in [6.07, 6.45) is -4.94. The van der Waals surface area contributed by atoms with Crippen LogP contribution in [0.15, 0.2) is 17.0 Å². The summed E-state index contributed by atoms with van der Waals surface area (Å²) in [6.45, 7) is -1.61. The molecule has 3 nitrogen and oxygen atoms in total. The first-order valence-electron chi connectivity index (χ1n) is 6.29. The highest BCUT2D eigenvalue weighted by Crippen LogP contribution is 2.42. The molecule has 0 spiro atoms. The highest BCUT2D eigenvalue weighted by molar-refractivity contribution is 8.00. The minimum absolute atomic E-state index is 0.0352. The van der Waals surface area contributed by atoms with E-state index < -0.39 is 68.5 Å². The molecule has 0 N–H and O–H groups in total. The minimum Gasteiger partial charge on any atom is -0.244 e. The Hall–Kier alpha value is -2.00. The molecular weight excluding hydrogens is 418 g/mol. The van der Waals surface area contributed by atoms with Crippen LogP contribution in [0.5, 0.6) is 0 Å². The zero-order chi connectivity index (χ0) is 19.9. The molecule has 0 aliphatic carbocycles. The molecule has 1 heterocycles. The SMILES string of the molecule is N#Cc1nn(-c2c(F)cc(C(F)(F)F)cc2Cl)c(CF)c1SC(F)(F)F. The Bertz CT molecular complexity index is 858. The smallest absolute Gasteiger partial charge is 0.244 e. The van der Waals surface area contributed by atoms with E-state index in [1.165, 1.54) is 6.07 Å². The van der Waals surface area contributed by atoms with Crippen LogP contribution in [0.2, 0.25) is 5.02 Å². The van der Waals surface area contributed by atoms with Crippen LogP contribution in [0, 0.1) is 17.1 Å². The van der Waals surface area contributed by atoms with Crippen LogP contribution in [0.3, 0.4) is 0 Å². The van der Waals surface area contributed by atoms with Crippen molar-refractivity contribution >= 4 is 23.4 Å². The van der Waals surface area contributed by atoms with Gasteiger partial charge in [0.15, 0.2) is 11.5 Å². The van der Waals surface area contributed by atoms with Crippen molar-refractivity contribution in [2.75, 3.05) is 0 Å². The van der Waals surface area contributed by atoms with Crippen molar-refractivity contribution in [2.45, 2.75) is 23.3 Å². The maximum atomic E-state index is 14.1. The summed E-state index contributed by atoms with van der Waals surface area (Å²) in [5.41, 5.74) is -9.02. The van der Waals surface area contributed by atoms with E-state index in [0.29, 0.717) is 6.07 Å². The van der Waals surface area contributed by atoms with Gasteiger partial charge in [-0.25, -0.2) is 13.5 Å². The number of aromatic nitrogens is 2. The summed E-state index contributed by atoms with van der Waals surface area (Å²) < 4.78 is 103. The third kappa shape index (κ3) is 4.04. The molecule has 0 atom stereocenters. The van der Waals surface area contributed by atoms with Crippen molar-refractivity contribution in [1.82, 2.24) is 9.78 Å². The summed E-state index contributed by atoms with van der Waals surface area (Å²) >= 11 is 4.75. The lowest BCUT2D eigenvalue weighted by molar-refractivity contribution is -0.137. The quantitative estimate of drug-likeness (QED) is 0.476. The van der Waals surface area contributed by atoms with Gasteiger partial charge in [-0.2, -0.15) is 36.7 Å². The molecule has 0 unspecified atom stereocenters. The number of nitriles is 1. The van der Waals surface area contributed by atoms with Gasteiger partial charge in [-0.05, 0) is 23.9 Å². The van der Waals surface area contributed by atoms with Crippen molar-refractivity contribution in [3.05, 3.63) is 39.9 Å². The Balaban J connectivity index is 2.72. The predicted octanol–water partition coefficient (Wildman–Crippen LogP) is 5.64. The first kappa shape index (κ1) is 20.3. The topological polar surface area (TPSA) is 41.6 Å². The number of nitrogens with zero attached hydrogens (tertiary/aromatic N) is 3. The third-order valence-corrected chi connectivity index (χ3v) is 4.09. The first-order valence-corrected chi connectivity index (χ1v) is 7.48. The third-order valence-electron chi connectivity index (χ3n) is 2.94. The molecule has 2 aromatic rings. The number of benzene rings is 1. The number of halogens is 9. The van der Waals surface area contributed by atoms with Crippen molar-refractivity contribution in [3.8, 4) is 11.8 Å². The Morgan fingerprint density at radius 2 is 1.81 bits per heavy atom. The maximum Gasteiger partial charge on any atom is 0.446 e. The number of hydrogen-bond donors (Lipinski definition) is 0. The lowest BCUT2D eigenvalue weighted by atomic mass is 10.2. The number of hydrogen-bond acceptors (Lipinski definition) is 3. The largest absolute Gasteiger partial charge is 0.446 e. The molecule has 0 saturated heterocycles. The fourth-order valence-corrected chi connectivity index (χ4v) is 2.93. The molecular formula is C13H4ClF8N3S. The van der Waals surface area contributed by atoms with E-state index in [1.54, 1.807) is 0 Å². The average Bonchev–Trinajstić information content (AvgIpc) is 2.81. The molecule has 0 aliphatic heterocycles. The van der Waals surface area contributed by atoms with Gasteiger partial charge in [-0.3, -0.25) is 0 Å². The number of thioether (sulfide) groups is 1. The molecule has 0 amide bonds. The standard InChI is InChI=1S/C13H4ClF8N3S/c14-6-1-5(12(17,18)19)2-7(16)10(6)25-9(3-15)11(8(4-23)24-25)26-13(20,21)22/h1-2H,3H2. The van der Waals surface area contributed by atoms with Crippen molar-refractivity contribution in [1.29, 1.82) is 5.26 Å². The van der Waals surface area contributed by atoms with Crippen LogP contribution >= 0.6 is 23.4 Å². The van der Waals surface area contributed by atoms with E-state index in [4.69, 9.17) is 16.9 Å². The van der Waals surface area contributed by atoms with Crippen LogP contribution < -0.4 is 0 Å². The van der Waals surface area contributed by atoms with E-state index in [2.05, 4.69) is 5.10 Å². The summed E-state index contributed by atoms with van der Waals surface area (Å²) in [4.78, 5) is -0.933. The van der Waals surface area contributed by atoms with Gasteiger partial charge in [0.25, 0.3) is 0 Å². The fourth-order valence-electron chi connectivity index (χ4n) is 1.97. The Morgan fingerprint density at radius 1 is 1.19 bits per heavy atom. The van der Waals surface area contributed by atoms with Crippen LogP contribution in [-0.4, -0.2) is 15.3 Å². The molecule has 140 valence electrons. The van der Waals surface area contributed by atoms with Gasteiger partial charge in [-0.15, -0.1) is 0 Å². The molecule has 13 heteroatoms. The van der Waals surface area contributed by atoms with Crippen LogP contribution in [-0.2, 0) is 12.9 Å². The van der Waals surface area contributed by atoms with Gasteiger partial charge in [0.1, 0.15) is 18.4 Å². The average molecular weight is 422 g/mol. The van der Waals surface area contributed by atoms with Gasteiger partial charge in [0.05, 0.1) is 21.2 Å². The Kier molecular flexibility index (Phi) is 5.44. The number of alkyl halides is 7. The zero-order valence-electron chi connectivity index (χ0n) is 12.0. The Labute approximate surface area is 149 Å². The first-order chi connectivity index (χ1) is 11.9. The van der Waals surface area contributed by atoms with Gasteiger partial charge < -0.3 is 0 Å². The molecule has 0 fully saturated rings. The van der Waals surface area contributed by atoms with E-state index in [9.17, 15) is 35.1 Å². The highest BCUT2D eigenvalue weighted by atomic mass is 35.5. The van der Waals surface area contributed by atoms with Crippen LogP contribution in [0.1, 0.15) is 17.0 Å². The van der Waals surface area contributed by atoms with E-state index >= 15 is 0 Å². The van der Waals surface area contributed by atoms with Gasteiger partial charge >= 0.3 is 11.7 Å². The molecule has 1 aromatic heterocycles. The minimum atomic E-state index is -4.94. The molecule has 2 rings (SSSR count). The van der Waals surface area contributed by atoms with Gasteiger partial charge in [0.2, 0.25) is 0 Å². The second kappa shape index (κ2) is 6.96. The molecule has 0 saturated carbocycles. The predicted molar refractivity (Wildman–Crippen MR) is 75.0 cm³/mol. The molecule has 1 aromatic carbocycles. The fraction of sp³-hybridized carbons (Fsp3) is 0.231. The maximum absolute atomic E-state index is 14.1. The molecule has 0 bridgehead atoms. The summed E-state index contributed by atoms with van der Waals surface area (Å²) in [5, 5.41) is 11.4. The van der Waals surface area contributed by atoms with E-state index in [1.807, 2.05) is 0 Å². The van der Waals surface area contributed by atoms with Crippen LogP contribution in [0.4, 0.5) is 35.1 Å². The molecule has 0 aliphatic rings. The Morgan fingerprint density at radius 3 is 2.23 bits per heavy atom. The summed E-state index contributed by atoms with van der Waals surface area (Å²) in [6, 6.07) is 1.64. The van der Waals surface area contributed by atoms with Gasteiger partial charge in [0, 0.05) is 0 Å². The van der Waals surface area contributed by atoms with Crippen LogP contribution in [0.25, 0.3) is 5.69 Å². The lowest BCUT2D eigenvalue weighted by Gasteiger charge is -2.13. The van der Waals surface area contributed by atoms with Crippen molar-refractivity contribution < 1.29 is 35.1 Å². The second-order valence-electron chi connectivity index (χ2n) is 4.62. The van der Waals surface area contributed by atoms with Crippen molar-refractivity contribution in [3.63, 3.8) is 0 Å². The van der Waals surface area contributed by atoms with Gasteiger partial charge in [-0.1, -0.05) is 11.6 Å². The summed E-state index contributed by atoms with van der Waals surface area (Å²) in [7, 11) is 0. The second-order valence-corrected chi connectivity index (χ2v) is 6.10. The van der Waals surface area contributed by atoms with E-state index in [0.717, 1.165) is 0 Å². The molecule has 0 radical (unpaired) electrons. The highest BCUT2D eigenvalue weighted by Gasteiger charge is 2.36. The summed E-state index contributed by atoms with van der Waals surface area (Å²) in [5.74, 6) is -1.60. The normalized spacial score (nSPS) is 12.3. The zero-order valence-corrected chi connectivity index (χ0v) is 13.6. The molecule has 26 heavy (non-hydrogen) atoms.